The highest BCUT2D eigenvalue weighted by atomic mass is 32.1. The number of rotatable bonds is 2. The molecule has 0 aliphatic carbocycles. The van der Waals surface area contributed by atoms with Gasteiger partial charge in [-0.25, -0.2) is 4.79 Å². The van der Waals surface area contributed by atoms with Crippen LogP contribution >= 0.6 is 11.3 Å². The summed E-state index contributed by atoms with van der Waals surface area (Å²) in [5.74, 6) is -0.109. The van der Waals surface area contributed by atoms with Crippen molar-refractivity contribution in [1.29, 1.82) is 0 Å². The van der Waals surface area contributed by atoms with Crippen molar-refractivity contribution >= 4 is 23.3 Å². The molecule has 1 aliphatic heterocycles. The summed E-state index contributed by atoms with van der Waals surface area (Å²) in [6.45, 7) is 4.85. The number of nitrogens with zero attached hydrogens (tertiary/aromatic N) is 1. The summed E-state index contributed by atoms with van der Waals surface area (Å²) >= 11 is 1.49. The molecule has 0 unspecified atom stereocenters. The third-order valence-electron chi connectivity index (χ3n) is 2.70. The Hall–Kier alpha value is -1.56. The molecule has 0 aromatic carbocycles. The van der Waals surface area contributed by atoms with Gasteiger partial charge in [-0.05, 0) is 25.3 Å². The number of thiophene rings is 1. The van der Waals surface area contributed by atoms with Gasteiger partial charge >= 0.3 is 6.03 Å². The average Bonchev–Trinajstić information content (AvgIpc) is 2.80. The van der Waals surface area contributed by atoms with Crippen LogP contribution in [-0.4, -0.2) is 36.0 Å². The second kappa shape index (κ2) is 5.39. The van der Waals surface area contributed by atoms with Crippen LogP contribution in [0.5, 0.6) is 0 Å². The van der Waals surface area contributed by atoms with Gasteiger partial charge in [-0.2, -0.15) is 0 Å². The van der Waals surface area contributed by atoms with Gasteiger partial charge in [0.1, 0.15) is 6.04 Å². The van der Waals surface area contributed by atoms with E-state index in [0.717, 1.165) is 4.88 Å². The maximum absolute atomic E-state index is 12.1. The molecular weight excluding hydrogens is 250 g/mol. The van der Waals surface area contributed by atoms with E-state index in [4.69, 9.17) is 0 Å². The van der Waals surface area contributed by atoms with Gasteiger partial charge in [0.2, 0.25) is 5.91 Å². The van der Waals surface area contributed by atoms with Crippen LogP contribution in [0.1, 0.15) is 24.8 Å². The van der Waals surface area contributed by atoms with Gasteiger partial charge in [-0.3, -0.25) is 4.79 Å². The van der Waals surface area contributed by atoms with Crippen LogP contribution in [0.2, 0.25) is 0 Å². The summed E-state index contributed by atoms with van der Waals surface area (Å²) in [6.07, 6.45) is 0. The van der Waals surface area contributed by atoms with Crippen LogP contribution < -0.4 is 10.6 Å². The minimum Gasteiger partial charge on any atom is -0.352 e. The predicted molar refractivity (Wildman–Crippen MR) is 70.4 cm³/mol. The van der Waals surface area contributed by atoms with E-state index in [1.807, 2.05) is 31.4 Å². The SMILES string of the molecule is CC(C)NC(=O)N1CCNC(=O)[C@H]1c1cccs1. The van der Waals surface area contributed by atoms with E-state index in [9.17, 15) is 9.59 Å². The lowest BCUT2D eigenvalue weighted by molar-refractivity contribution is -0.127. The summed E-state index contributed by atoms with van der Waals surface area (Å²) in [4.78, 5) is 26.6. The fraction of sp³-hybridized carbons (Fsp3) is 0.500. The smallest absolute Gasteiger partial charge is 0.318 e. The van der Waals surface area contributed by atoms with Crippen molar-refractivity contribution in [3.63, 3.8) is 0 Å². The van der Waals surface area contributed by atoms with Gasteiger partial charge in [-0.15, -0.1) is 11.3 Å². The number of amides is 3. The monoisotopic (exact) mass is 267 g/mol. The van der Waals surface area contributed by atoms with E-state index in [1.54, 1.807) is 4.90 Å². The Morgan fingerprint density at radius 1 is 1.61 bits per heavy atom. The minimum absolute atomic E-state index is 0.0615. The van der Waals surface area contributed by atoms with E-state index in [2.05, 4.69) is 10.6 Å². The van der Waals surface area contributed by atoms with E-state index in [0.29, 0.717) is 13.1 Å². The number of nitrogens with one attached hydrogen (secondary N) is 2. The first-order chi connectivity index (χ1) is 8.59. The van der Waals surface area contributed by atoms with Crippen LogP contribution in [0.15, 0.2) is 17.5 Å². The Morgan fingerprint density at radius 3 is 3.00 bits per heavy atom. The lowest BCUT2D eigenvalue weighted by Gasteiger charge is -2.34. The molecule has 0 bridgehead atoms. The molecule has 1 aliphatic rings. The maximum atomic E-state index is 12.1. The molecule has 1 atom stereocenters. The zero-order chi connectivity index (χ0) is 13.1. The molecule has 1 fully saturated rings. The molecule has 5 nitrogen and oxygen atoms in total. The molecule has 1 aromatic heterocycles. The minimum atomic E-state index is -0.502. The summed E-state index contributed by atoms with van der Waals surface area (Å²) in [5, 5.41) is 7.55. The Kier molecular flexibility index (Phi) is 3.86. The molecule has 3 amide bonds. The average molecular weight is 267 g/mol. The Morgan fingerprint density at radius 2 is 2.39 bits per heavy atom. The molecule has 6 heteroatoms. The lowest BCUT2D eigenvalue weighted by atomic mass is 10.1. The highest BCUT2D eigenvalue weighted by Crippen LogP contribution is 2.27. The number of carbonyl (C=O) groups excluding carboxylic acids is 2. The van der Waals surface area contributed by atoms with Gasteiger partial charge in [0.25, 0.3) is 0 Å². The van der Waals surface area contributed by atoms with E-state index in [-0.39, 0.29) is 18.0 Å². The quantitative estimate of drug-likeness (QED) is 0.849. The molecular formula is C12H17N3O2S. The lowest BCUT2D eigenvalue weighted by Crippen LogP contribution is -2.55. The Balaban J connectivity index is 2.20. The normalized spacial score (nSPS) is 19.8. The molecule has 0 radical (unpaired) electrons. The van der Waals surface area contributed by atoms with E-state index < -0.39 is 6.04 Å². The fourth-order valence-electron chi connectivity index (χ4n) is 1.95. The van der Waals surface area contributed by atoms with E-state index >= 15 is 0 Å². The zero-order valence-electron chi connectivity index (χ0n) is 10.5. The van der Waals surface area contributed by atoms with Crippen LogP contribution in [-0.2, 0) is 4.79 Å². The van der Waals surface area contributed by atoms with Gasteiger partial charge < -0.3 is 15.5 Å². The van der Waals surface area contributed by atoms with Crippen LogP contribution in [0.3, 0.4) is 0 Å². The molecule has 2 N–H and O–H groups in total. The second-order valence-corrected chi connectivity index (χ2v) is 5.49. The third-order valence-corrected chi connectivity index (χ3v) is 3.62. The van der Waals surface area contributed by atoms with Crippen LogP contribution in [0.4, 0.5) is 4.79 Å². The number of carbonyl (C=O) groups is 2. The molecule has 18 heavy (non-hydrogen) atoms. The number of piperazine rings is 1. The standard InChI is InChI=1S/C12H17N3O2S/c1-8(2)14-12(17)15-6-5-13-11(16)10(15)9-4-3-7-18-9/h3-4,7-8,10H,5-6H2,1-2H3,(H,13,16)(H,14,17)/t10-/m1/s1. The molecule has 98 valence electrons. The van der Waals surface area contributed by atoms with Gasteiger partial charge in [0, 0.05) is 24.0 Å². The fourth-order valence-corrected chi connectivity index (χ4v) is 2.78. The summed E-state index contributed by atoms with van der Waals surface area (Å²) in [5.41, 5.74) is 0. The topological polar surface area (TPSA) is 61.4 Å². The zero-order valence-corrected chi connectivity index (χ0v) is 11.3. The van der Waals surface area contributed by atoms with Gasteiger partial charge in [0.15, 0.2) is 0 Å². The molecule has 1 saturated heterocycles. The highest BCUT2D eigenvalue weighted by molar-refractivity contribution is 7.10. The van der Waals surface area contributed by atoms with Crippen LogP contribution in [0, 0.1) is 0 Å². The molecule has 2 rings (SSSR count). The third kappa shape index (κ3) is 2.64. The van der Waals surface area contributed by atoms with Crippen molar-refractivity contribution in [2.45, 2.75) is 25.9 Å². The molecule has 1 aromatic rings. The largest absolute Gasteiger partial charge is 0.352 e. The van der Waals surface area contributed by atoms with Gasteiger partial charge in [0.05, 0.1) is 0 Å². The number of hydrogen-bond donors (Lipinski definition) is 2. The molecule has 0 spiro atoms. The van der Waals surface area contributed by atoms with Gasteiger partial charge in [-0.1, -0.05) is 6.07 Å². The highest BCUT2D eigenvalue weighted by Gasteiger charge is 2.35. The number of urea groups is 1. The van der Waals surface area contributed by atoms with Crippen molar-refractivity contribution in [2.24, 2.45) is 0 Å². The van der Waals surface area contributed by atoms with E-state index in [1.165, 1.54) is 11.3 Å². The molecule has 2 heterocycles. The first-order valence-electron chi connectivity index (χ1n) is 5.98. The van der Waals surface area contributed by atoms with Crippen molar-refractivity contribution < 1.29 is 9.59 Å². The number of hydrogen-bond acceptors (Lipinski definition) is 3. The van der Waals surface area contributed by atoms with Crippen molar-refractivity contribution in [3.05, 3.63) is 22.4 Å². The summed E-state index contributed by atoms with van der Waals surface area (Å²) in [6, 6.07) is 3.15. The maximum Gasteiger partial charge on any atom is 0.318 e. The Labute approximate surface area is 110 Å². The van der Waals surface area contributed by atoms with Crippen molar-refractivity contribution in [2.75, 3.05) is 13.1 Å². The van der Waals surface area contributed by atoms with Crippen LogP contribution in [0.25, 0.3) is 0 Å². The second-order valence-electron chi connectivity index (χ2n) is 4.51. The molecule has 0 saturated carbocycles. The summed E-state index contributed by atoms with van der Waals surface area (Å²) < 4.78 is 0. The van der Waals surface area contributed by atoms with Crippen molar-refractivity contribution in [1.82, 2.24) is 15.5 Å². The van der Waals surface area contributed by atoms with Crippen molar-refractivity contribution in [3.8, 4) is 0 Å². The first-order valence-corrected chi connectivity index (χ1v) is 6.86. The Bertz CT molecular complexity index is 431. The first kappa shape index (κ1) is 12.9. The summed E-state index contributed by atoms with van der Waals surface area (Å²) in [7, 11) is 0. The predicted octanol–water partition coefficient (Wildman–Crippen LogP) is 1.34.